The standard InChI is InChI=1S/C68H111N15O16/c1-37(2)33-44(73-48(87)35-70-55(92)49(38(3)4)75-58(95)64(10,11)80-59(96)66(14,15)79-56(93)50(39(5)6)71-40(7)85)52(89)76-65(12,13)60(97)81-68(18,19)62(99)82-31-23-27-45(82)53(90)74-43(29-30-47(69)86)51(88)77-67(16,17)61(98)83-32-24-28-46(83)54(91)78-63(8,9)57(94)72-42(36-84)34-41-25-21-20-22-26-41/h20-22,25-26,37-39,42-46,49-50,84H,23-24,27-36H2,1-19H3,(H2,69,86)(H,70,92)(H,71,85)(H,72,94)(H,73,87)(H,74,90)(H,75,95)(H,76,89)(H,77,88)(H,78,91)(H,79,93)(H,80,96)(H,81,97)/t42-,43-,44-,45-,46-,49-,50-/m0/s1. The lowest BCUT2D eigenvalue weighted by Crippen LogP contribution is -2.66. The maximum atomic E-state index is 14.5. The summed E-state index contributed by atoms with van der Waals surface area (Å²) in [6.07, 6.45) is 0.807. The molecule has 0 radical (unpaired) electrons. The Morgan fingerprint density at radius 2 is 0.939 bits per heavy atom. The van der Waals surface area contributed by atoms with Gasteiger partial charge in [-0.05, 0) is 151 Å². The average molecular weight is 1390 g/mol. The summed E-state index contributed by atoms with van der Waals surface area (Å²) in [6.45, 7) is 27.6. The van der Waals surface area contributed by atoms with Gasteiger partial charge in [-0.3, -0.25) is 71.9 Å². The Hall–Kier alpha value is -8.77. The first-order chi connectivity index (χ1) is 45.5. The zero-order chi connectivity index (χ0) is 75.7. The van der Waals surface area contributed by atoms with Gasteiger partial charge < -0.3 is 84.4 Å². The highest BCUT2D eigenvalue weighted by molar-refractivity contribution is 6.02. The molecule has 0 unspecified atom stereocenters. The number of carbonyl (C=O) groups excluding carboxylic acids is 15. The molecule has 2 saturated heterocycles. The van der Waals surface area contributed by atoms with Gasteiger partial charge in [0.15, 0.2) is 0 Å². The van der Waals surface area contributed by atoms with Crippen molar-refractivity contribution in [3.63, 3.8) is 0 Å². The van der Waals surface area contributed by atoms with E-state index in [0.717, 1.165) is 5.56 Å². The second kappa shape index (κ2) is 35.3. The maximum absolute atomic E-state index is 14.5. The first kappa shape index (κ1) is 84.5. The zero-order valence-corrected chi connectivity index (χ0v) is 61.2. The molecule has 2 fully saturated rings. The van der Waals surface area contributed by atoms with Gasteiger partial charge in [0.2, 0.25) is 88.6 Å². The molecule has 2 heterocycles. The molecule has 0 saturated carbocycles. The first-order valence-corrected chi connectivity index (χ1v) is 33.8. The van der Waals surface area contributed by atoms with Crippen LogP contribution in [-0.4, -0.2) is 205 Å². The van der Waals surface area contributed by atoms with Crippen LogP contribution in [0.25, 0.3) is 0 Å². The van der Waals surface area contributed by atoms with Crippen molar-refractivity contribution in [2.24, 2.45) is 23.5 Å². The van der Waals surface area contributed by atoms with Crippen LogP contribution in [0.4, 0.5) is 0 Å². The Labute approximate surface area is 581 Å². The summed E-state index contributed by atoms with van der Waals surface area (Å²) < 4.78 is 0. The van der Waals surface area contributed by atoms with E-state index >= 15 is 0 Å². The molecule has 31 heteroatoms. The number of aliphatic hydroxyl groups excluding tert-OH is 1. The van der Waals surface area contributed by atoms with E-state index in [9.17, 15) is 77.0 Å². The van der Waals surface area contributed by atoms with E-state index in [-0.39, 0.29) is 63.6 Å². The van der Waals surface area contributed by atoms with Gasteiger partial charge in [0, 0.05) is 26.4 Å². The van der Waals surface area contributed by atoms with E-state index in [4.69, 9.17) is 5.73 Å². The van der Waals surface area contributed by atoms with Crippen LogP contribution >= 0.6 is 0 Å². The lowest BCUT2D eigenvalue weighted by atomic mass is 9.96. The van der Waals surface area contributed by atoms with Crippen LogP contribution < -0.4 is 69.5 Å². The summed E-state index contributed by atoms with van der Waals surface area (Å²) in [4.78, 5) is 207. The van der Waals surface area contributed by atoms with Crippen LogP contribution in [0.15, 0.2) is 30.3 Å². The molecule has 2 aliphatic rings. The molecular weight excluding hydrogens is 1280 g/mol. The third kappa shape index (κ3) is 24.9. The normalized spacial score (nSPS) is 16.8. The number of likely N-dealkylation sites (tertiary alicyclic amines) is 2. The number of nitrogens with zero attached hydrogens (tertiary/aromatic N) is 2. The third-order valence-electron chi connectivity index (χ3n) is 17.1. The quantitative estimate of drug-likeness (QED) is 0.0378. The molecule has 0 bridgehead atoms. The van der Waals surface area contributed by atoms with Crippen molar-refractivity contribution < 1.29 is 77.0 Å². The molecule has 2 aliphatic heterocycles. The molecule has 31 nitrogen and oxygen atoms in total. The fraction of sp³-hybridized carbons (Fsp3) is 0.691. The van der Waals surface area contributed by atoms with E-state index in [1.54, 1.807) is 41.5 Å². The van der Waals surface area contributed by atoms with E-state index in [1.807, 2.05) is 30.3 Å². The summed E-state index contributed by atoms with van der Waals surface area (Å²) in [5.41, 5.74) is -3.54. The number of nitrogens with two attached hydrogens (primary N) is 1. The molecule has 0 spiro atoms. The highest BCUT2D eigenvalue weighted by Crippen LogP contribution is 2.26. The Bertz CT molecular complexity index is 3150. The number of carbonyl (C=O) groups is 15. The Balaban J connectivity index is 1.67. The number of hydrogen-bond donors (Lipinski definition) is 14. The predicted octanol–water partition coefficient (Wildman–Crippen LogP) is -1.24. The van der Waals surface area contributed by atoms with Crippen LogP contribution in [0.1, 0.15) is 182 Å². The number of aliphatic hydroxyl groups is 1. The maximum Gasteiger partial charge on any atom is 0.248 e. The second-order valence-electron chi connectivity index (χ2n) is 30.1. The highest BCUT2D eigenvalue weighted by atomic mass is 16.3. The van der Waals surface area contributed by atoms with Crippen molar-refractivity contribution in [3.8, 4) is 0 Å². The number of benzene rings is 1. The molecule has 15 amide bonds. The van der Waals surface area contributed by atoms with Crippen LogP contribution in [0.5, 0.6) is 0 Å². The predicted molar refractivity (Wildman–Crippen MR) is 366 cm³/mol. The van der Waals surface area contributed by atoms with Crippen LogP contribution in [0.3, 0.4) is 0 Å². The van der Waals surface area contributed by atoms with Gasteiger partial charge in [0.25, 0.3) is 0 Å². The van der Waals surface area contributed by atoms with E-state index in [2.05, 4.69) is 63.8 Å². The SMILES string of the molecule is CC(=O)N[C@H](C(=O)NC(C)(C)C(=O)NC(C)(C)C(=O)N[C@H](C(=O)NCC(=O)N[C@@H](CC(C)C)C(=O)NC(C)(C)C(=O)NC(C)(C)C(=O)N1CCC[C@H]1C(=O)N[C@@H](CCC(N)=O)C(=O)NC(C)(C)C(=O)N1CCC[C@H]1C(=O)NC(C)(C)C(=O)N[C@H](CO)Cc1ccccc1)C(C)C)C(C)C. The van der Waals surface area contributed by atoms with Crippen molar-refractivity contribution >= 4 is 88.6 Å². The molecule has 3 rings (SSSR count). The van der Waals surface area contributed by atoms with E-state index in [1.165, 1.54) is 99.8 Å². The molecule has 0 aromatic heterocycles. The molecule has 7 atom stereocenters. The van der Waals surface area contributed by atoms with E-state index in [0.29, 0.717) is 19.3 Å². The van der Waals surface area contributed by atoms with Gasteiger partial charge in [-0.2, -0.15) is 0 Å². The van der Waals surface area contributed by atoms with Crippen LogP contribution in [-0.2, 0) is 78.3 Å². The molecule has 1 aromatic carbocycles. The zero-order valence-electron chi connectivity index (χ0n) is 61.2. The largest absolute Gasteiger partial charge is 0.394 e. The summed E-state index contributed by atoms with van der Waals surface area (Å²) in [5, 5.41) is 41.6. The van der Waals surface area contributed by atoms with Gasteiger partial charge in [-0.1, -0.05) is 71.9 Å². The Morgan fingerprint density at radius 1 is 0.505 bits per heavy atom. The smallest absolute Gasteiger partial charge is 0.248 e. The lowest BCUT2D eigenvalue weighted by Gasteiger charge is -2.37. The number of primary amides is 1. The van der Waals surface area contributed by atoms with Gasteiger partial charge >= 0.3 is 0 Å². The molecule has 1 aromatic rings. The van der Waals surface area contributed by atoms with Crippen LogP contribution in [0.2, 0.25) is 0 Å². The average Bonchev–Trinajstić information content (AvgIpc) is 1.79. The Morgan fingerprint density at radius 3 is 1.42 bits per heavy atom. The summed E-state index contributed by atoms with van der Waals surface area (Å²) in [7, 11) is 0. The minimum atomic E-state index is -1.75. The topological polar surface area (TPSA) is 453 Å². The van der Waals surface area contributed by atoms with Gasteiger partial charge in [-0.15, -0.1) is 0 Å². The summed E-state index contributed by atoms with van der Waals surface area (Å²) in [5.74, 6) is -11.9. The fourth-order valence-electron chi connectivity index (χ4n) is 11.1. The second-order valence-corrected chi connectivity index (χ2v) is 30.1. The third-order valence-corrected chi connectivity index (χ3v) is 17.1. The minimum Gasteiger partial charge on any atom is -0.394 e. The van der Waals surface area contributed by atoms with Crippen molar-refractivity contribution in [3.05, 3.63) is 35.9 Å². The van der Waals surface area contributed by atoms with E-state index < -0.39 is 177 Å². The highest BCUT2D eigenvalue weighted by Gasteiger charge is 2.48. The molecular formula is C68H111N15O16. The van der Waals surface area contributed by atoms with Crippen molar-refractivity contribution in [1.29, 1.82) is 0 Å². The first-order valence-electron chi connectivity index (χ1n) is 33.8. The van der Waals surface area contributed by atoms with Gasteiger partial charge in [0.1, 0.15) is 69.5 Å². The summed E-state index contributed by atoms with van der Waals surface area (Å²) in [6, 6.07) is 1.43. The monoisotopic (exact) mass is 1390 g/mol. The van der Waals surface area contributed by atoms with Crippen molar-refractivity contribution in [2.75, 3.05) is 26.2 Å². The Kier molecular flexibility index (Phi) is 30.1. The number of rotatable bonds is 35. The van der Waals surface area contributed by atoms with Crippen LogP contribution in [0, 0.1) is 17.8 Å². The van der Waals surface area contributed by atoms with Crippen molar-refractivity contribution in [2.45, 2.75) is 258 Å². The molecule has 15 N–H and O–H groups in total. The lowest BCUT2D eigenvalue weighted by molar-refractivity contribution is -0.147. The number of nitrogens with one attached hydrogen (secondary N) is 12. The number of amides is 15. The van der Waals surface area contributed by atoms with Gasteiger partial charge in [-0.25, -0.2) is 0 Å². The summed E-state index contributed by atoms with van der Waals surface area (Å²) >= 11 is 0. The van der Waals surface area contributed by atoms with Gasteiger partial charge in [0.05, 0.1) is 19.2 Å². The van der Waals surface area contributed by atoms with Crippen molar-refractivity contribution in [1.82, 2.24) is 73.6 Å². The molecule has 554 valence electrons. The number of hydrogen-bond acceptors (Lipinski definition) is 16. The molecule has 0 aliphatic carbocycles. The molecule has 99 heavy (non-hydrogen) atoms. The minimum absolute atomic E-state index is 0.0484. The fourth-order valence-corrected chi connectivity index (χ4v) is 11.1.